The molecular formula is C16H25N5O2. The third-order valence-corrected chi connectivity index (χ3v) is 4.52. The first-order chi connectivity index (χ1) is 11.1. The summed E-state index contributed by atoms with van der Waals surface area (Å²) in [6.45, 7) is 8.06. The summed E-state index contributed by atoms with van der Waals surface area (Å²) in [6.07, 6.45) is 2.21. The minimum atomic E-state index is -0.0334. The molecule has 2 saturated heterocycles. The lowest BCUT2D eigenvalue weighted by Crippen LogP contribution is -2.46. The van der Waals surface area contributed by atoms with Crippen molar-refractivity contribution in [2.45, 2.75) is 19.8 Å². The normalized spacial score (nSPS) is 23.0. The topological polar surface area (TPSA) is 84.6 Å². The molecule has 3 rings (SSSR count). The second-order valence-electron chi connectivity index (χ2n) is 6.43. The Kier molecular flexibility index (Phi) is 5.07. The van der Waals surface area contributed by atoms with Crippen molar-refractivity contribution >= 4 is 11.9 Å². The highest BCUT2D eigenvalue weighted by molar-refractivity contribution is 5.92. The van der Waals surface area contributed by atoms with Gasteiger partial charge in [-0.15, -0.1) is 0 Å². The van der Waals surface area contributed by atoms with Gasteiger partial charge in [0.05, 0.1) is 13.2 Å². The SMILES string of the molecule is Cc1cc(C(=O)N2CCCC(CN3CCOCC3)C2)nc(N)n1. The van der Waals surface area contributed by atoms with Gasteiger partial charge >= 0.3 is 0 Å². The third kappa shape index (κ3) is 4.17. The molecule has 126 valence electrons. The summed E-state index contributed by atoms with van der Waals surface area (Å²) < 4.78 is 5.40. The first-order valence-electron chi connectivity index (χ1n) is 8.32. The first kappa shape index (κ1) is 16.1. The molecule has 0 radical (unpaired) electrons. The molecule has 3 heterocycles. The second kappa shape index (κ2) is 7.23. The van der Waals surface area contributed by atoms with E-state index >= 15 is 0 Å². The summed E-state index contributed by atoms with van der Waals surface area (Å²) in [5.74, 6) is 0.648. The van der Waals surface area contributed by atoms with Crippen molar-refractivity contribution in [3.63, 3.8) is 0 Å². The molecule has 0 bridgehead atoms. The Morgan fingerprint density at radius 3 is 2.87 bits per heavy atom. The number of hydrogen-bond acceptors (Lipinski definition) is 6. The lowest BCUT2D eigenvalue weighted by Gasteiger charge is -2.36. The van der Waals surface area contributed by atoms with Crippen molar-refractivity contribution in [1.82, 2.24) is 19.8 Å². The summed E-state index contributed by atoms with van der Waals surface area (Å²) in [5.41, 5.74) is 6.80. The molecule has 23 heavy (non-hydrogen) atoms. The standard InChI is InChI=1S/C16H25N5O2/c1-12-9-14(19-16(17)18-12)15(22)21-4-2-3-13(11-21)10-20-5-7-23-8-6-20/h9,13H,2-8,10-11H2,1H3,(H2,17,18,19). The molecule has 1 unspecified atom stereocenters. The van der Waals surface area contributed by atoms with E-state index in [2.05, 4.69) is 14.9 Å². The fourth-order valence-electron chi connectivity index (χ4n) is 3.41. The Morgan fingerprint density at radius 1 is 1.35 bits per heavy atom. The third-order valence-electron chi connectivity index (χ3n) is 4.52. The number of carbonyl (C=O) groups is 1. The summed E-state index contributed by atoms with van der Waals surface area (Å²) in [6, 6.07) is 1.71. The highest BCUT2D eigenvalue weighted by Crippen LogP contribution is 2.20. The van der Waals surface area contributed by atoms with Crippen LogP contribution in [-0.2, 0) is 4.74 Å². The number of carbonyl (C=O) groups excluding carboxylic acids is 1. The number of nitrogen functional groups attached to an aromatic ring is 1. The number of nitrogens with zero attached hydrogens (tertiary/aromatic N) is 4. The molecule has 7 nitrogen and oxygen atoms in total. The number of rotatable bonds is 3. The van der Waals surface area contributed by atoms with E-state index < -0.39 is 0 Å². The predicted molar refractivity (Wildman–Crippen MR) is 87.1 cm³/mol. The van der Waals surface area contributed by atoms with Crippen LogP contribution < -0.4 is 5.73 Å². The molecule has 1 aromatic rings. The largest absolute Gasteiger partial charge is 0.379 e. The highest BCUT2D eigenvalue weighted by atomic mass is 16.5. The minimum Gasteiger partial charge on any atom is -0.379 e. The number of aromatic nitrogens is 2. The summed E-state index contributed by atoms with van der Waals surface area (Å²) in [4.78, 5) is 25.2. The molecule has 1 amide bonds. The average molecular weight is 319 g/mol. The molecule has 7 heteroatoms. The quantitative estimate of drug-likeness (QED) is 0.876. The summed E-state index contributed by atoms with van der Waals surface area (Å²) in [5, 5.41) is 0. The Hall–Kier alpha value is -1.73. The predicted octanol–water partition coefficient (Wildman–Crippen LogP) is 0.552. The van der Waals surface area contributed by atoms with Gasteiger partial charge in [0.1, 0.15) is 5.69 Å². The molecule has 2 aliphatic heterocycles. The van der Waals surface area contributed by atoms with Crippen LogP contribution in [0.15, 0.2) is 6.07 Å². The van der Waals surface area contributed by atoms with E-state index in [0.29, 0.717) is 11.6 Å². The number of ether oxygens (including phenoxy) is 1. The van der Waals surface area contributed by atoms with Crippen LogP contribution >= 0.6 is 0 Å². The van der Waals surface area contributed by atoms with E-state index in [-0.39, 0.29) is 11.9 Å². The van der Waals surface area contributed by atoms with Crippen LogP contribution in [0, 0.1) is 12.8 Å². The van der Waals surface area contributed by atoms with Gasteiger partial charge < -0.3 is 15.4 Å². The lowest BCUT2D eigenvalue weighted by molar-refractivity contribution is 0.0223. The minimum absolute atomic E-state index is 0.0334. The number of piperidine rings is 1. The van der Waals surface area contributed by atoms with E-state index in [0.717, 1.165) is 58.1 Å². The van der Waals surface area contributed by atoms with Gasteiger partial charge in [-0.3, -0.25) is 9.69 Å². The van der Waals surface area contributed by atoms with Gasteiger partial charge in [-0.2, -0.15) is 0 Å². The van der Waals surface area contributed by atoms with Crippen LogP contribution in [0.1, 0.15) is 29.0 Å². The maximum absolute atomic E-state index is 12.7. The van der Waals surface area contributed by atoms with E-state index in [1.807, 2.05) is 11.8 Å². The van der Waals surface area contributed by atoms with E-state index in [9.17, 15) is 4.79 Å². The Bertz CT molecular complexity index is 539. The number of amides is 1. The van der Waals surface area contributed by atoms with E-state index in [1.54, 1.807) is 6.07 Å². The molecule has 1 aromatic heterocycles. The van der Waals surface area contributed by atoms with Gasteiger partial charge in [-0.25, -0.2) is 9.97 Å². The number of hydrogen-bond donors (Lipinski definition) is 1. The summed E-state index contributed by atoms with van der Waals surface area (Å²) >= 11 is 0. The number of morpholine rings is 1. The van der Waals surface area contributed by atoms with Crippen molar-refractivity contribution in [3.05, 3.63) is 17.5 Å². The highest BCUT2D eigenvalue weighted by Gasteiger charge is 2.27. The number of nitrogens with two attached hydrogens (primary N) is 1. The molecule has 0 spiro atoms. The van der Waals surface area contributed by atoms with Crippen molar-refractivity contribution < 1.29 is 9.53 Å². The van der Waals surface area contributed by atoms with Crippen LogP contribution in [0.25, 0.3) is 0 Å². The lowest BCUT2D eigenvalue weighted by atomic mass is 9.97. The van der Waals surface area contributed by atoms with Crippen LogP contribution in [0.3, 0.4) is 0 Å². The Morgan fingerprint density at radius 2 is 2.13 bits per heavy atom. The zero-order valence-electron chi connectivity index (χ0n) is 13.7. The maximum atomic E-state index is 12.7. The second-order valence-corrected chi connectivity index (χ2v) is 6.43. The maximum Gasteiger partial charge on any atom is 0.272 e. The van der Waals surface area contributed by atoms with Gasteiger partial charge in [-0.1, -0.05) is 0 Å². The number of anilines is 1. The van der Waals surface area contributed by atoms with Gasteiger partial charge in [-0.05, 0) is 31.7 Å². The van der Waals surface area contributed by atoms with Gasteiger partial charge in [0.2, 0.25) is 5.95 Å². The van der Waals surface area contributed by atoms with Crippen LogP contribution in [0.4, 0.5) is 5.95 Å². The fraction of sp³-hybridized carbons (Fsp3) is 0.688. The zero-order chi connectivity index (χ0) is 16.2. The van der Waals surface area contributed by atoms with E-state index in [4.69, 9.17) is 10.5 Å². The Balaban J connectivity index is 1.62. The zero-order valence-corrected chi connectivity index (χ0v) is 13.7. The molecule has 0 aliphatic carbocycles. The van der Waals surface area contributed by atoms with Gasteiger partial charge in [0.25, 0.3) is 5.91 Å². The first-order valence-corrected chi connectivity index (χ1v) is 8.32. The van der Waals surface area contributed by atoms with Crippen LogP contribution in [0.2, 0.25) is 0 Å². The molecule has 0 aromatic carbocycles. The van der Waals surface area contributed by atoms with Gasteiger partial charge in [0, 0.05) is 38.4 Å². The molecule has 2 fully saturated rings. The Labute approximate surface area is 136 Å². The van der Waals surface area contributed by atoms with Crippen molar-refractivity contribution in [2.75, 3.05) is 51.7 Å². The van der Waals surface area contributed by atoms with Crippen LogP contribution in [-0.4, -0.2) is 71.6 Å². The molecule has 0 saturated carbocycles. The van der Waals surface area contributed by atoms with Crippen molar-refractivity contribution in [1.29, 1.82) is 0 Å². The molecular weight excluding hydrogens is 294 g/mol. The van der Waals surface area contributed by atoms with Gasteiger partial charge in [0.15, 0.2) is 0 Å². The molecule has 2 aliphatic rings. The number of aryl methyl sites for hydroxylation is 1. The smallest absolute Gasteiger partial charge is 0.272 e. The van der Waals surface area contributed by atoms with Crippen LogP contribution in [0.5, 0.6) is 0 Å². The summed E-state index contributed by atoms with van der Waals surface area (Å²) in [7, 11) is 0. The molecule has 1 atom stereocenters. The van der Waals surface area contributed by atoms with E-state index in [1.165, 1.54) is 6.42 Å². The fourth-order valence-corrected chi connectivity index (χ4v) is 3.41. The van der Waals surface area contributed by atoms with Crippen molar-refractivity contribution in [2.24, 2.45) is 5.92 Å². The monoisotopic (exact) mass is 319 g/mol. The molecule has 2 N–H and O–H groups in total. The van der Waals surface area contributed by atoms with Crippen molar-refractivity contribution in [3.8, 4) is 0 Å². The average Bonchev–Trinajstić information content (AvgIpc) is 2.54. The number of likely N-dealkylation sites (tertiary alicyclic amines) is 1.